The van der Waals surface area contributed by atoms with Gasteiger partial charge in [-0.15, -0.1) is 0 Å². The zero-order chi connectivity index (χ0) is 21.6. The summed E-state index contributed by atoms with van der Waals surface area (Å²) in [5.41, 5.74) is 0.804. The van der Waals surface area contributed by atoms with Gasteiger partial charge in [0.15, 0.2) is 0 Å². The van der Waals surface area contributed by atoms with E-state index in [1.54, 1.807) is 36.4 Å². The van der Waals surface area contributed by atoms with Gasteiger partial charge in [-0.1, -0.05) is 53.8 Å². The molecule has 0 heterocycles. The molecule has 0 amide bonds. The molecule has 3 rings (SSSR count). The standard InChI is InChI=1S/C23H20ClNO4S/c1-29-23(26)10-4-2-3-9-19-15-20(24)12-14-22(19)25-30(27,28)21-13-11-17-7-5-6-8-18(17)16-21/h5-8,11-16,25H,2,4,10H2,1H3. The van der Waals surface area contributed by atoms with Crippen LogP contribution in [0.2, 0.25) is 5.02 Å². The third kappa shape index (κ3) is 5.53. The molecular formula is C23H20ClNO4S. The van der Waals surface area contributed by atoms with Crippen LogP contribution >= 0.6 is 11.6 Å². The molecule has 0 aromatic heterocycles. The van der Waals surface area contributed by atoms with Crippen molar-refractivity contribution < 1.29 is 17.9 Å². The summed E-state index contributed by atoms with van der Waals surface area (Å²) in [6.45, 7) is 0. The van der Waals surface area contributed by atoms with E-state index in [0.29, 0.717) is 29.1 Å². The Bertz CT molecular complexity index is 1240. The third-order valence-electron chi connectivity index (χ3n) is 4.39. The lowest BCUT2D eigenvalue weighted by Crippen LogP contribution is -2.13. The Hall–Kier alpha value is -3.01. The van der Waals surface area contributed by atoms with E-state index >= 15 is 0 Å². The van der Waals surface area contributed by atoms with Crippen LogP contribution in [0.3, 0.4) is 0 Å². The number of benzene rings is 3. The first-order chi connectivity index (χ1) is 14.4. The van der Waals surface area contributed by atoms with Gasteiger partial charge in [-0.2, -0.15) is 0 Å². The Kier molecular flexibility index (Phi) is 6.99. The number of halogens is 1. The van der Waals surface area contributed by atoms with Gasteiger partial charge >= 0.3 is 5.97 Å². The fraction of sp³-hybridized carbons (Fsp3) is 0.174. The summed E-state index contributed by atoms with van der Waals surface area (Å²) in [7, 11) is -2.47. The number of rotatable bonds is 6. The van der Waals surface area contributed by atoms with Gasteiger partial charge in [-0.05, 0) is 47.5 Å². The van der Waals surface area contributed by atoms with Gasteiger partial charge < -0.3 is 4.74 Å². The van der Waals surface area contributed by atoms with Crippen molar-refractivity contribution in [2.24, 2.45) is 0 Å². The molecule has 3 aromatic rings. The second-order valence-corrected chi connectivity index (χ2v) is 8.65. The molecule has 0 aliphatic heterocycles. The summed E-state index contributed by atoms with van der Waals surface area (Å²) >= 11 is 6.06. The van der Waals surface area contributed by atoms with Gasteiger partial charge in [0.25, 0.3) is 10.0 Å². The SMILES string of the molecule is COC(=O)CCCC#Cc1cc(Cl)ccc1NS(=O)(=O)c1ccc2ccccc2c1. The number of carbonyl (C=O) groups excluding carboxylic acids is 1. The highest BCUT2D eigenvalue weighted by Crippen LogP contribution is 2.25. The number of ether oxygens (including phenoxy) is 1. The van der Waals surface area contributed by atoms with E-state index in [0.717, 1.165) is 10.8 Å². The van der Waals surface area contributed by atoms with Crippen LogP contribution in [0.25, 0.3) is 10.8 Å². The Morgan fingerprint density at radius 1 is 1.07 bits per heavy atom. The average molecular weight is 442 g/mol. The van der Waals surface area contributed by atoms with Crippen molar-refractivity contribution >= 4 is 44.1 Å². The molecule has 0 bridgehead atoms. The molecule has 3 aromatic carbocycles. The quantitative estimate of drug-likeness (QED) is 0.332. The summed E-state index contributed by atoms with van der Waals surface area (Å²) in [5, 5.41) is 2.24. The number of methoxy groups -OCH3 is 1. The van der Waals surface area contributed by atoms with Gasteiger partial charge in [0.05, 0.1) is 23.3 Å². The van der Waals surface area contributed by atoms with E-state index in [4.69, 9.17) is 11.6 Å². The van der Waals surface area contributed by atoms with E-state index < -0.39 is 10.0 Å². The number of hydrogen-bond donors (Lipinski definition) is 1. The Balaban J connectivity index is 1.82. The van der Waals surface area contributed by atoms with Gasteiger partial charge in [-0.25, -0.2) is 8.42 Å². The van der Waals surface area contributed by atoms with Gasteiger partial charge in [0.1, 0.15) is 0 Å². The van der Waals surface area contributed by atoms with E-state index in [2.05, 4.69) is 21.3 Å². The number of unbranched alkanes of at least 4 members (excludes halogenated alkanes) is 1. The highest BCUT2D eigenvalue weighted by molar-refractivity contribution is 7.92. The van der Waals surface area contributed by atoms with Crippen LogP contribution in [0.15, 0.2) is 65.6 Å². The first-order valence-corrected chi connectivity index (χ1v) is 11.1. The average Bonchev–Trinajstić information content (AvgIpc) is 2.74. The van der Waals surface area contributed by atoms with E-state index in [9.17, 15) is 13.2 Å². The smallest absolute Gasteiger partial charge is 0.305 e. The Labute approximate surface area is 181 Å². The normalized spacial score (nSPS) is 10.9. The van der Waals surface area contributed by atoms with E-state index in [-0.39, 0.29) is 17.3 Å². The summed E-state index contributed by atoms with van der Waals surface area (Å²) in [6.07, 6.45) is 1.30. The highest BCUT2D eigenvalue weighted by Gasteiger charge is 2.16. The van der Waals surface area contributed by atoms with Crippen molar-refractivity contribution in [1.29, 1.82) is 0 Å². The lowest BCUT2D eigenvalue weighted by atomic mass is 10.1. The highest BCUT2D eigenvalue weighted by atomic mass is 35.5. The fourth-order valence-electron chi connectivity index (χ4n) is 2.83. The maximum atomic E-state index is 12.9. The molecule has 30 heavy (non-hydrogen) atoms. The number of esters is 1. The molecule has 0 atom stereocenters. The van der Waals surface area contributed by atoms with Crippen molar-refractivity contribution in [3.8, 4) is 11.8 Å². The van der Waals surface area contributed by atoms with Crippen LogP contribution in [0, 0.1) is 11.8 Å². The van der Waals surface area contributed by atoms with Crippen LogP contribution in [0.5, 0.6) is 0 Å². The van der Waals surface area contributed by atoms with Crippen molar-refractivity contribution in [2.45, 2.75) is 24.2 Å². The number of nitrogens with one attached hydrogen (secondary N) is 1. The maximum Gasteiger partial charge on any atom is 0.305 e. The molecule has 0 aliphatic carbocycles. The predicted molar refractivity (Wildman–Crippen MR) is 119 cm³/mol. The first kappa shape index (κ1) is 21.7. The number of carbonyl (C=O) groups is 1. The number of fused-ring (bicyclic) bond motifs is 1. The second-order valence-electron chi connectivity index (χ2n) is 6.54. The van der Waals surface area contributed by atoms with Crippen LogP contribution in [0.4, 0.5) is 5.69 Å². The molecule has 0 fully saturated rings. The van der Waals surface area contributed by atoms with Crippen molar-refractivity contribution in [2.75, 3.05) is 11.8 Å². The van der Waals surface area contributed by atoms with Crippen LogP contribution in [0.1, 0.15) is 24.8 Å². The number of hydrogen-bond acceptors (Lipinski definition) is 4. The minimum absolute atomic E-state index is 0.160. The second kappa shape index (κ2) is 9.66. The zero-order valence-electron chi connectivity index (χ0n) is 16.3. The monoisotopic (exact) mass is 441 g/mol. The number of anilines is 1. The summed E-state index contributed by atoms with van der Waals surface area (Å²) in [4.78, 5) is 11.3. The van der Waals surface area contributed by atoms with Gasteiger partial charge in [-0.3, -0.25) is 9.52 Å². The molecule has 0 aliphatic rings. The van der Waals surface area contributed by atoms with Crippen LogP contribution in [-0.2, 0) is 19.6 Å². The molecule has 7 heteroatoms. The Morgan fingerprint density at radius 2 is 1.83 bits per heavy atom. The fourth-order valence-corrected chi connectivity index (χ4v) is 4.11. The molecule has 5 nitrogen and oxygen atoms in total. The largest absolute Gasteiger partial charge is 0.469 e. The zero-order valence-corrected chi connectivity index (χ0v) is 17.9. The van der Waals surface area contributed by atoms with Crippen LogP contribution < -0.4 is 4.72 Å². The third-order valence-corrected chi connectivity index (χ3v) is 5.99. The lowest BCUT2D eigenvalue weighted by Gasteiger charge is -2.11. The summed E-state index contributed by atoms with van der Waals surface area (Å²) in [5.74, 6) is 5.59. The van der Waals surface area contributed by atoms with Gasteiger partial charge in [0, 0.05) is 17.9 Å². The summed E-state index contributed by atoms with van der Waals surface area (Å²) < 4.78 is 33.0. The predicted octanol–water partition coefficient (Wildman–Crippen LogP) is 4.99. The minimum Gasteiger partial charge on any atom is -0.469 e. The molecule has 0 spiro atoms. The topological polar surface area (TPSA) is 72.5 Å². The van der Waals surface area contributed by atoms with E-state index in [1.165, 1.54) is 7.11 Å². The minimum atomic E-state index is -3.81. The molecule has 0 saturated heterocycles. The molecule has 1 N–H and O–H groups in total. The molecular weight excluding hydrogens is 422 g/mol. The number of sulfonamides is 1. The van der Waals surface area contributed by atoms with Crippen molar-refractivity contribution in [1.82, 2.24) is 0 Å². The van der Waals surface area contributed by atoms with Crippen molar-refractivity contribution in [3.05, 3.63) is 71.2 Å². The summed E-state index contributed by atoms with van der Waals surface area (Å²) in [6, 6.07) is 17.3. The van der Waals surface area contributed by atoms with Crippen molar-refractivity contribution in [3.63, 3.8) is 0 Å². The first-order valence-electron chi connectivity index (χ1n) is 9.26. The lowest BCUT2D eigenvalue weighted by molar-refractivity contribution is -0.140. The maximum absolute atomic E-state index is 12.9. The van der Waals surface area contributed by atoms with E-state index in [1.807, 2.05) is 24.3 Å². The molecule has 154 valence electrons. The molecule has 0 radical (unpaired) electrons. The molecule has 0 saturated carbocycles. The van der Waals surface area contributed by atoms with Gasteiger partial charge in [0.2, 0.25) is 0 Å². The van der Waals surface area contributed by atoms with Crippen LogP contribution in [-0.4, -0.2) is 21.5 Å². The molecule has 0 unspecified atom stereocenters. The Morgan fingerprint density at radius 3 is 2.60 bits per heavy atom.